The fourth-order valence-corrected chi connectivity index (χ4v) is 4.39. The van der Waals surface area contributed by atoms with Crippen LogP contribution < -0.4 is 4.31 Å². The number of aryl methyl sites for hydroxylation is 1. The second-order valence-corrected chi connectivity index (χ2v) is 9.66. The van der Waals surface area contributed by atoms with E-state index in [9.17, 15) is 13.2 Å². The molecule has 1 aromatic heterocycles. The van der Waals surface area contributed by atoms with Gasteiger partial charge in [0, 0.05) is 12.6 Å². The summed E-state index contributed by atoms with van der Waals surface area (Å²) in [5.74, 6) is -0.0871. The molecular formula is C25H23N3O5S. The SMILES string of the molecule is Cc1ccc(S(=O)(=O)N(C)c2ccc(C(=O)OC(C)c3nnc(-c4ccccc4)o3)cc2)cc1. The first kappa shape index (κ1) is 23.2. The number of anilines is 1. The maximum Gasteiger partial charge on any atom is 0.338 e. The minimum atomic E-state index is -3.73. The number of carbonyl (C=O) groups excluding carboxylic acids is 1. The predicted octanol–water partition coefficient (Wildman–Crippen LogP) is 4.79. The van der Waals surface area contributed by atoms with Crippen molar-refractivity contribution in [2.45, 2.75) is 24.8 Å². The highest BCUT2D eigenvalue weighted by Gasteiger charge is 2.23. The quantitative estimate of drug-likeness (QED) is 0.353. The third-order valence-electron chi connectivity index (χ3n) is 5.24. The number of esters is 1. The van der Waals surface area contributed by atoms with E-state index in [0.29, 0.717) is 11.6 Å². The Balaban J connectivity index is 1.44. The number of ether oxygens (including phenoxy) is 1. The van der Waals surface area contributed by atoms with Gasteiger partial charge in [0.2, 0.25) is 5.89 Å². The molecule has 0 fully saturated rings. The monoisotopic (exact) mass is 477 g/mol. The standard InChI is InChI=1S/C25H23N3O5S/c1-17-9-15-22(16-10-17)34(30,31)28(3)21-13-11-20(12-14-21)25(29)32-18(2)23-26-27-24(33-23)19-7-5-4-6-8-19/h4-16,18H,1-3H3. The molecular weight excluding hydrogens is 454 g/mol. The van der Waals surface area contributed by atoms with Crippen LogP contribution in [0.2, 0.25) is 0 Å². The molecule has 0 saturated heterocycles. The number of carbonyl (C=O) groups is 1. The first-order valence-corrected chi connectivity index (χ1v) is 11.9. The van der Waals surface area contributed by atoms with Gasteiger partial charge in [0.1, 0.15) is 0 Å². The van der Waals surface area contributed by atoms with Gasteiger partial charge in [-0.1, -0.05) is 35.9 Å². The van der Waals surface area contributed by atoms with Gasteiger partial charge >= 0.3 is 5.97 Å². The molecule has 174 valence electrons. The summed E-state index contributed by atoms with van der Waals surface area (Å²) >= 11 is 0. The molecule has 0 aliphatic rings. The Bertz CT molecular complexity index is 1380. The summed E-state index contributed by atoms with van der Waals surface area (Å²) in [6, 6.07) is 22.0. The molecule has 4 rings (SSSR count). The third kappa shape index (κ3) is 4.84. The first-order chi connectivity index (χ1) is 16.3. The van der Waals surface area contributed by atoms with E-state index in [0.717, 1.165) is 11.1 Å². The van der Waals surface area contributed by atoms with Crippen LogP contribution in [0.25, 0.3) is 11.5 Å². The van der Waals surface area contributed by atoms with Crippen molar-refractivity contribution in [2.75, 3.05) is 11.4 Å². The molecule has 0 spiro atoms. The van der Waals surface area contributed by atoms with Crippen LogP contribution in [-0.2, 0) is 14.8 Å². The average Bonchev–Trinajstić information content (AvgIpc) is 3.35. The molecule has 0 bridgehead atoms. The Labute approximate surface area is 197 Å². The van der Waals surface area contributed by atoms with Crippen molar-refractivity contribution in [1.29, 1.82) is 0 Å². The summed E-state index contributed by atoms with van der Waals surface area (Å²) < 4.78 is 38.0. The Hall–Kier alpha value is -3.98. The van der Waals surface area contributed by atoms with E-state index in [1.54, 1.807) is 43.3 Å². The van der Waals surface area contributed by atoms with Crippen LogP contribution >= 0.6 is 0 Å². The lowest BCUT2D eigenvalue weighted by molar-refractivity contribution is 0.0280. The van der Waals surface area contributed by atoms with Gasteiger partial charge in [0.15, 0.2) is 6.10 Å². The summed E-state index contributed by atoms with van der Waals surface area (Å²) in [7, 11) is -2.27. The number of aromatic nitrogens is 2. The number of rotatable bonds is 7. The van der Waals surface area contributed by atoms with Crippen molar-refractivity contribution < 1.29 is 22.4 Å². The molecule has 1 unspecified atom stereocenters. The van der Waals surface area contributed by atoms with Crippen molar-refractivity contribution in [2.24, 2.45) is 0 Å². The summed E-state index contributed by atoms with van der Waals surface area (Å²) in [5, 5.41) is 7.97. The summed E-state index contributed by atoms with van der Waals surface area (Å²) in [6.45, 7) is 3.52. The number of sulfonamides is 1. The summed E-state index contributed by atoms with van der Waals surface area (Å²) in [5.41, 5.74) is 2.41. The van der Waals surface area contributed by atoms with Gasteiger partial charge in [0.05, 0.1) is 16.1 Å². The Morgan fingerprint density at radius 3 is 2.24 bits per heavy atom. The number of hydrogen-bond donors (Lipinski definition) is 0. The van der Waals surface area contributed by atoms with Gasteiger partial charge in [-0.15, -0.1) is 10.2 Å². The van der Waals surface area contributed by atoms with E-state index in [4.69, 9.17) is 9.15 Å². The van der Waals surface area contributed by atoms with Crippen LogP contribution in [-0.4, -0.2) is 31.6 Å². The fraction of sp³-hybridized carbons (Fsp3) is 0.160. The fourth-order valence-electron chi connectivity index (χ4n) is 3.19. The normalized spacial score (nSPS) is 12.2. The zero-order valence-electron chi connectivity index (χ0n) is 18.9. The van der Waals surface area contributed by atoms with Crippen molar-refractivity contribution in [3.63, 3.8) is 0 Å². The highest BCUT2D eigenvalue weighted by molar-refractivity contribution is 7.92. The molecule has 1 atom stereocenters. The zero-order valence-corrected chi connectivity index (χ0v) is 19.7. The molecule has 0 radical (unpaired) electrons. The van der Waals surface area contributed by atoms with Crippen molar-refractivity contribution in [1.82, 2.24) is 10.2 Å². The lowest BCUT2D eigenvalue weighted by Crippen LogP contribution is -2.26. The van der Waals surface area contributed by atoms with Crippen molar-refractivity contribution in [3.05, 3.63) is 95.9 Å². The maximum absolute atomic E-state index is 12.9. The average molecular weight is 478 g/mol. The topological polar surface area (TPSA) is 103 Å². The van der Waals surface area contributed by atoms with Gasteiger partial charge in [-0.25, -0.2) is 13.2 Å². The molecule has 8 nitrogen and oxygen atoms in total. The van der Waals surface area contributed by atoms with E-state index in [1.807, 2.05) is 37.3 Å². The van der Waals surface area contributed by atoms with Crippen LogP contribution in [0, 0.1) is 6.92 Å². The van der Waals surface area contributed by atoms with E-state index < -0.39 is 22.1 Å². The Kier molecular flexibility index (Phi) is 6.47. The van der Waals surface area contributed by atoms with Gasteiger partial charge in [-0.3, -0.25) is 4.31 Å². The molecule has 4 aromatic rings. The highest BCUT2D eigenvalue weighted by atomic mass is 32.2. The van der Waals surface area contributed by atoms with Crippen LogP contribution in [0.5, 0.6) is 0 Å². The lowest BCUT2D eigenvalue weighted by atomic mass is 10.2. The molecule has 0 N–H and O–H groups in total. The van der Waals surface area contributed by atoms with E-state index >= 15 is 0 Å². The van der Waals surface area contributed by atoms with E-state index in [2.05, 4.69) is 10.2 Å². The minimum Gasteiger partial charge on any atom is -0.449 e. The van der Waals surface area contributed by atoms with E-state index in [-0.39, 0.29) is 16.3 Å². The molecule has 9 heteroatoms. The lowest BCUT2D eigenvalue weighted by Gasteiger charge is -2.20. The molecule has 3 aromatic carbocycles. The highest BCUT2D eigenvalue weighted by Crippen LogP contribution is 2.25. The van der Waals surface area contributed by atoms with Gasteiger partial charge in [-0.05, 0) is 62.4 Å². The van der Waals surface area contributed by atoms with Crippen LogP contribution in [0.3, 0.4) is 0 Å². The van der Waals surface area contributed by atoms with Gasteiger partial charge in [0.25, 0.3) is 15.9 Å². The van der Waals surface area contributed by atoms with Crippen molar-refractivity contribution >= 4 is 21.7 Å². The molecule has 0 aliphatic carbocycles. The van der Waals surface area contributed by atoms with Gasteiger partial charge < -0.3 is 9.15 Å². The van der Waals surface area contributed by atoms with Crippen molar-refractivity contribution in [3.8, 4) is 11.5 Å². The van der Waals surface area contributed by atoms with E-state index in [1.165, 1.54) is 23.5 Å². The minimum absolute atomic E-state index is 0.174. The molecule has 0 aliphatic heterocycles. The third-order valence-corrected chi connectivity index (χ3v) is 7.04. The number of nitrogens with zero attached hydrogens (tertiary/aromatic N) is 3. The second-order valence-electron chi connectivity index (χ2n) is 7.69. The molecule has 0 saturated carbocycles. The largest absolute Gasteiger partial charge is 0.449 e. The Morgan fingerprint density at radius 2 is 1.59 bits per heavy atom. The Morgan fingerprint density at radius 1 is 0.941 bits per heavy atom. The molecule has 1 heterocycles. The zero-order chi connectivity index (χ0) is 24.3. The number of benzene rings is 3. The number of hydrogen-bond acceptors (Lipinski definition) is 7. The van der Waals surface area contributed by atoms with Crippen LogP contribution in [0.15, 0.2) is 88.2 Å². The van der Waals surface area contributed by atoms with Crippen LogP contribution in [0.1, 0.15) is 34.8 Å². The van der Waals surface area contributed by atoms with Crippen LogP contribution in [0.4, 0.5) is 5.69 Å². The molecule has 0 amide bonds. The second kappa shape index (κ2) is 9.48. The maximum atomic E-state index is 12.9. The predicted molar refractivity (Wildman–Crippen MR) is 127 cm³/mol. The molecule has 34 heavy (non-hydrogen) atoms. The summed E-state index contributed by atoms with van der Waals surface area (Å²) in [4.78, 5) is 12.8. The smallest absolute Gasteiger partial charge is 0.338 e. The summed E-state index contributed by atoms with van der Waals surface area (Å²) in [6.07, 6.45) is -0.762. The first-order valence-electron chi connectivity index (χ1n) is 10.5. The van der Waals surface area contributed by atoms with Gasteiger partial charge in [-0.2, -0.15) is 0 Å².